The van der Waals surface area contributed by atoms with E-state index in [0.717, 1.165) is 26.9 Å². The van der Waals surface area contributed by atoms with E-state index in [2.05, 4.69) is 15.9 Å². The molecule has 0 spiro atoms. The van der Waals surface area contributed by atoms with Gasteiger partial charge in [0.2, 0.25) is 0 Å². The predicted octanol–water partition coefficient (Wildman–Crippen LogP) is 1.19. The zero-order valence-electron chi connectivity index (χ0n) is 12.3. The van der Waals surface area contributed by atoms with Crippen LogP contribution in [0.5, 0.6) is 0 Å². The molecule has 0 aliphatic carbocycles. The second kappa shape index (κ2) is 7.47. The number of nitrogens with one attached hydrogen (secondary N) is 1. The highest BCUT2D eigenvalue weighted by atomic mass is 32.2. The van der Waals surface area contributed by atoms with Gasteiger partial charge in [-0.15, -0.1) is 11.8 Å². The molecule has 0 atom stereocenters. The van der Waals surface area contributed by atoms with Crippen LogP contribution in [0.15, 0.2) is 27.9 Å². The van der Waals surface area contributed by atoms with Gasteiger partial charge >= 0.3 is 10.9 Å². The molecule has 1 aromatic heterocycles. The molecule has 0 bridgehead atoms. The number of hydrogen-bond acceptors (Lipinski definition) is 7. The van der Waals surface area contributed by atoms with Gasteiger partial charge in [-0.05, 0) is 35.1 Å². The summed E-state index contributed by atoms with van der Waals surface area (Å²) in [7, 11) is 1.53. The standard InChI is InChI=1S/C12H15N5O3S2/c1-16-12(19)17(15-14-16)9-5-4-6-10(21-2)8(9)7-20-13-11(18)22-3/h4-6H,7H2,1-3H3,(H,13,18). The fourth-order valence-electron chi connectivity index (χ4n) is 1.76. The monoisotopic (exact) mass is 341 g/mol. The summed E-state index contributed by atoms with van der Waals surface area (Å²) in [5.74, 6) is 0. The zero-order chi connectivity index (χ0) is 16.1. The summed E-state index contributed by atoms with van der Waals surface area (Å²) in [6, 6.07) is 5.49. The molecule has 0 unspecified atom stereocenters. The van der Waals surface area contributed by atoms with Crippen LogP contribution in [0.25, 0.3) is 5.69 Å². The summed E-state index contributed by atoms with van der Waals surface area (Å²) >= 11 is 2.53. The quantitative estimate of drug-likeness (QED) is 0.645. The van der Waals surface area contributed by atoms with Gasteiger partial charge in [0.25, 0.3) is 0 Å². The van der Waals surface area contributed by atoms with Crippen molar-refractivity contribution in [1.29, 1.82) is 0 Å². The van der Waals surface area contributed by atoms with Crippen LogP contribution in [0.4, 0.5) is 4.79 Å². The van der Waals surface area contributed by atoms with Crippen molar-refractivity contribution >= 4 is 28.8 Å². The second-order valence-electron chi connectivity index (χ2n) is 4.14. The summed E-state index contributed by atoms with van der Waals surface area (Å²) in [6.45, 7) is 0.113. The van der Waals surface area contributed by atoms with Gasteiger partial charge in [-0.3, -0.25) is 9.63 Å². The van der Waals surface area contributed by atoms with E-state index in [1.807, 2.05) is 18.4 Å². The number of carbonyl (C=O) groups is 1. The molecule has 118 valence electrons. The van der Waals surface area contributed by atoms with E-state index in [1.165, 1.54) is 23.5 Å². The molecule has 2 aromatic rings. The molecule has 0 saturated heterocycles. The maximum atomic E-state index is 12.0. The van der Waals surface area contributed by atoms with E-state index >= 15 is 0 Å². The smallest absolute Gasteiger partial charge is 0.268 e. The van der Waals surface area contributed by atoms with Crippen molar-refractivity contribution in [3.8, 4) is 5.69 Å². The molecule has 2 rings (SSSR count). The van der Waals surface area contributed by atoms with Gasteiger partial charge in [-0.1, -0.05) is 17.8 Å². The van der Waals surface area contributed by atoms with Crippen LogP contribution >= 0.6 is 23.5 Å². The normalized spacial score (nSPS) is 10.7. The van der Waals surface area contributed by atoms with Crippen LogP contribution in [0.1, 0.15) is 5.56 Å². The van der Waals surface area contributed by atoms with Gasteiger partial charge in [0.15, 0.2) is 0 Å². The number of carbonyl (C=O) groups excluding carboxylic acids is 1. The lowest BCUT2D eigenvalue weighted by Crippen LogP contribution is -2.24. The summed E-state index contributed by atoms with van der Waals surface area (Å²) < 4.78 is 2.35. The lowest BCUT2D eigenvalue weighted by Gasteiger charge is -2.12. The first kappa shape index (κ1) is 16.6. The Balaban J connectivity index is 2.36. The highest BCUT2D eigenvalue weighted by molar-refractivity contribution is 8.12. The molecular weight excluding hydrogens is 326 g/mol. The first-order valence-corrected chi connectivity index (χ1v) is 8.64. The molecule has 22 heavy (non-hydrogen) atoms. The summed E-state index contributed by atoms with van der Waals surface area (Å²) in [5, 5.41) is 7.26. The first-order chi connectivity index (χ1) is 10.6. The molecule has 0 aliphatic heterocycles. The molecule has 0 radical (unpaired) electrons. The lowest BCUT2D eigenvalue weighted by molar-refractivity contribution is 0.0564. The van der Waals surface area contributed by atoms with E-state index in [4.69, 9.17) is 4.84 Å². The Hall–Kier alpha value is -1.78. The molecule has 1 aromatic carbocycles. The number of benzene rings is 1. The van der Waals surface area contributed by atoms with Gasteiger partial charge < -0.3 is 0 Å². The van der Waals surface area contributed by atoms with Gasteiger partial charge in [0.1, 0.15) is 6.61 Å². The van der Waals surface area contributed by atoms with Gasteiger partial charge in [-0.25, -0.2) is 10.3 Å². The molecule has 0 aliphatic rings. The Labute approximate surface area is 135 Å². The minimum absolute atomic E-state index is 0.113. The number of aromatic nitrogens is 4. The second-order valence-corrected chi connectivity index (χ2v) is 5.76. The molecule has 1 heterocycles. The van der Waals surface area contributed by atoms with Crippen molar-refractivity contribution < 1.29 is 9.63 Å². The average molecular weight is 341 g/mol. The fourth-order valence-corrected chi connectivity index (χ4v) is 2.53. The predicted molar refractivity (Wildman–Crippen MR) is 85.2 cm³/mol. The van der Waals surface area contributed by atoms with Crippen LogP contribution in [-0.2, 0) is 18.5 Å². The van der Waals surface area contributed by atoms with Crippen molar-refractivity contribution in [2.75, 3.05) is 12.5 Å². The van der Waals surface area contributed by atoms with Gasteiger partial charge in [-0.2, -0.15) is 9.36 Å². The van der Waals surface area contributed by atoms with Crippen molar-refractivity contribution in [3.63, 3.8) is 0 Å². The third-order valence-electron chi connectivity index (χ3n) is 2.84. The first-order valence-electron chi connectivity index (χ1n) is 6.19. The Kier molecular flexibility index (Phi) is 5.63. The zero-order valence-corrected chi connectivity index (χ0v) is 13.9. The number of hydroxylamine groups is 1. The minimum Gasteiger partial charge on any atom is -0.268 e. The largest absolute Gasteiger partial charge is 0.368 e. The molecule has 1 N–H and O–H groups in total. The number of rotatable bonds is 5. The van der Waals surface area contributed by atoms with Crippen LogP contribution in [0, 0.1) is 0 Å². The summed E-state index contributed by atoms with van der Waals surface area (Å²) in [4.78, 5) is 29.4. The number of tetrazole rings is 1. The van der Waals surface area contributed by atoms with E-state index in [1.54, 1.807) is 12.3 Å². The summed E-state index contributed by atoms with van der Waals surface area (Å²) in [5.41, 5.74) is 3.28. The Morgan fingerprint density at radius 3 is 2.73 bits per heavy atom. The molecule has 10 heteroatoms. The fraction of sp³-hybridized carbons (Fsp3) is 0.333. The molecule has 0 saturated carbocycles. The maximum Gasteiger partial charge on any atom is 0.368 e. The number of nitrogens with zero attached hydrogens (tertiary/aromatic N) is 4. The van der Waals surface area contributed by atoms with E-state index in [-0.39, 0.29) is 17.5 Å². The van der Waals surface area contributed by atoms with E-state index in [0.29, 0.717) is 5.69 Å². The number of hydrogen-bond donors (Lipinski definition) is 1. The molecular formula is C12H15N5O3S2. The number of amides is 1. The maximum absolute atomic E-state index is 12.0. The van der Waals surface area contributed by atoms with Crippen molar-refractivity contribution in [2.45, 2.75) is 11.5 Å². The third kappa shape index (κ3) is 3.51. The number of aryl methyl sites for hydroxylation is 1. The van der Waals surface area contributed by atoms with Crippen LogP contribution in [0.2, 0.25) is 0 Å². The molecule has 0 fully saturated rings. The SMILES string of the molecule is CSC(=O)NOCc1c(SC)cccc1-n1nnn(C)c1=O. The molecule has 1 amide bonds. The Morgan fingerprint density at radius 2 is 2.14 bits per heavy atom. The van der Waals surface area contributed by atoms with Crippen LogP contribution in [0.3, 0.4) is 0 Å². The highest BCUT2D eigenvalue weighted by Crippen LogP contribution is 2.25. The minimum atomic E-state index is -0.354. The lowest BCUT2D eigenvalue weighted by atomic mass is 10.2. The average Bonchev–Trinajstić information content (AvgIpc) is 2.86. The van der Waals surface area contributed by atoms with Crippen LogP contribution in [-0.4, -0.2) is 37.5 Å². The van der Waals surface area contributed by atoms with E-state index in [9.17, 15) is 9.59 Å². The van der Waals surface area contributed by atoms with Gasteiger partial charge in [0, 0.05) is 17.5 Å². The summed E-state index contributed by atoms with van der Waals surface area (Å²) in [6.07, 6.45) is 3.57. The van der Waals surface area contributed by atoms with Crippen LogP contribution < -0.4 is 11.2 Å². The van der Waals surface area contributed by atoms with Gasteiger partial charge in [0.05, 0.1) is 5.69 Å². The van der Waals surface area contributed by atoms with Crippen molar-refractivity contribution in [1.82, 2.24) is 25.3 Å². The number of thioether (sulfide) groups is 2. The van der Waals surface area contributed by atoms with Crippen molar-refractivity contribution in [3.05, 3.63) is 34.2 Å². The molecule has 8 nitrogen and oxygen atoms in total. The van der Waals surface area contributed by atoms with E-state index < -0.39 is 0 Å². The Morgan fingerprint density at radius 1 is 1.36 bits per heavy atom. The highest BCUT2D eigenvalue weighted by Gasteiger charge is 2.15. The Bertz CT molecular complexity index is 728. The van der Waals surface area contributed by atoms with Crippen molar-refractivity contribution in [2.24, 2.45) is 7.05 Å². The topological polar surface area (TPSA) is 91.0 Å². The third-order valence-corrected chi connectivity index (χ3v) is 4.11.